The highest BCUT2D eigenvalue weighted by Gasteiger charge is 2.02. The Morgan fingerprint density at radius 1 is 1.64 bits per heavy atom. The minimum Gasteiger partial charge on any atom is -0.249 e. The molecule has 0 radical (unpaired) electrons. The van der Waals surface area contributed by atoms with Crippen LogP contribution in [0.4, 0.5) is 0 Å². The van der Waals surface area contributed by atoms with Crippen LogP contribution in [0.1, 0.15) is 18.4 Å². The lowest BCUT2D eigenvalue weighted by Crippen LogP contribution is -1.89. The van der Waals surface area contributed by atoms with Crippen molar-refractivity contribution in [2.45, 2.75) is 12.8 Å². The molecule has 1 rings (SSSR count). The molecule has 0 aromatic carbocycles. The average Bonchev–Trinajstić information content (AvgIpc) is 2.05. The zero-order chi connectivity index (χ0) is 8.27. The van der Waals surface area contributed by atoms with Gasteiger partial charge in [0, 0.05) is 6.20 Å². The summed E-state index contributed by atoms with van der Waals surface area (Å²) < 4.78 is 0.798. The van der Waals surface area contributed by atoms with Gasteiger partial charge in [-0.2, -0.15) is 5.26 Å². The zero-order valence-corrected chi connectivity index (χ0v) is 7.67. The summed E-state index contributed by atoms with van der Waals surface area (Å²) in [4.78, 5) is 4.01. The van der Waals surface area contributed by atoms with Gasteiger partial charge in [0.2, 0.25) is 0 Å². The number of hydrogen-bond donors (Lipinski definition) is 0. The summed E-state index contributed by atoms with van der Waals surface area (Å²) in [7, 11) is 0. The molecule has 0 saturated carbocycles. The van der Waals surface area contributed by atoms with E-state index in [0.717, 1.165) is 10.2 Å². The van der Waals surface area contributed by atoms with Crippen LogP contribution in [0.3, 0.4) is 0 Å². The molecule has 0 saturated heterocycles. The van der Waals surface area contributed by atoms with Crippen LogP contribution in [0.15, 0.2) is 22.9 Å². The lowest BCUT2D eigenvalue weighted by Gasteiger charge is -1.99. The minimum atomic E-state index is -0.0735. The van der Waals surface area contributed by atoms with Gasteiger partial charge in [0.25, 0.3) is 0 Å². The smallest absolute Gasteiger partial charge is 0.106 e. The Morgan fingerprint density at radius 2 is 2.36 bits per heavy atom. The molecule has 1 aromatic heterocycles. The molecule has 0 aliphatic carbocycles. The number of aromatic nitrogens is 1. The van der Waals surface area contributed by atoms with Crippen molar-refractivity contribution >= 4 is 15.9 Å². The molecule has 3 heteroatoms. The van der Waals surface area contributed by atoms with Crippen LogP contribution in [0, 0.1) is 11.3 Å². The molecule has 56 valence electrons. The molecular weight excluding hydrogens is 204 g/mol. The van der Waals surface area contributed by atoms with E-state index in [2.05, 4.69) is 27.0 Å². The van der Waals surface area contributed by atoms with E-state index in [0.29, 0.717) is 0 Å². The van der Waals surface area contributed by atoms with Crippen molar-refractivity contribution in [2.24, 2.45) is 0 Å². The molecule has 1 heterocycles. The van der Waals surface area contributed by atoms with Crippen LogP contribution >= 0.6 is 15.9 Å². The molecule has 11 heavy (non-hydrogen) atoms. The maximum atomic E-state index is 8.57. The summed E-state index contributed by atoms with van der Waals surface area (Å²) in [6.07, 6.45) is 1.71. The third-order valence-corrected chi connectivity index (χ3v) is 1.91. The Morgan fingerprint density at radius 3 is 2.82 bits per heavy atom. The number of rotatable bonds is 1. The van der Waals surface area contributed by atoms with Crippen LogP contribution in [-0.2, 0) is 0 Å². The minimum absolute atomic E-state index is 0.0735. The van der Waals surface area contributed by atoms with Crippen molar-refractivity contribution in [3.63, 3.8) is 0 Å². The summed E-state index contributed by atoms with van der Waals surface area (Å²) in [5.41, 5.74) is 0.954. The van der Waals surface area contributed by atoms with Crippen molar-refractivity contribution in [1.29, 1.82) is 5.26 Å². The summed E-state index contributed by atoms with van der Waals surface area (Å²) in [6, 6.07) is 5.88. The summed E-state index contributed by atoms with van der Waals surface area (Å²) >= 11 is 3.22. The van der Waals surface area contributed by atoms with Crippen molar-refractivity contribution < 1.29 is 0 Å². The first-order chi connectivity index (χ1) is 5.24. The number of halogens is 1. The van der Waals surface area contributed by atoms with Gasteiger partial charge >= 0.3 is 0 Å². The fourth-order valence-corrected chi connectivity index (χ4v) is 0.952. The molecular formula is C8H7BrN2. The van der Waals surface area contributed by atoms with Crippen LogP contribution < -0.4 is 0 Å². The van der Waals surface area contributed by atoms with Crippen LogP contribution in [0.5, 0.6) is 0 Å². The fourth-order valence-electron chi connectivity index (χ4n) is 0.718. The van der Waals surface area contributed by atoms with Gasteiger partial charge in [-0.15, -0.1) is 0 Å². The maximum absolute atomic E-state index is 8.57. The second-order valence-electron chi connectivity index (χ2n) is 2.27. The van der Waals surface area contributed by atoms with Gasteiger partial charge in [0.1, 0.15) is 4.60 Å². The molecule has 2 nitrogen and oxygen atoms in total. The SMILES string of the molecule is CC(C#N)c1ccc(Br)nc1. The zero-order valence-electron chi connectivity index (χ0n) is 6.08. The number of nitriles is 1. The van der Waals surface area contributed by atoms with E-state index in [1.54, 1.807) is 6.20 Å². The predicted molar refractivity (Wildman–Crippen MR) is 46.0 cm³/mol. The van der Waals surface area contributed by atoms with Crippen LogP contribution in [0.25, 0.3) is 0 Å². The molecule has 0 amide bonds. The summed E-state index contributed by atoms with van der Waals surface area (Å²) in [6.45, 7) is 1.85. The highest BCUT2D eigenvalue weighted by Crippen LogP contribution is 2.14. The predicted octanol–water partition coefficient (Wildman–Crippen LogP) is 2.47. The van der Waals surface area contributed by atoms with Crippen molar-refractivity contribution in [3.05, 3.63) is 28.5 Å². The normalized spacial score (nSPS) is 12.1. The van der Waals surface area contributed by atoms with Gasteiger partial charge in [-0.1, -0.05) is 6.07 Å². The molecule has 0 aliphatic rings. The number of nitrogens with zero attached hydrogens (tertiary/aromatic N) is 2. The van der Waals surface area contributed by atoms with Gasteiger partial charge in [0.05, 0.1) is 12.0 Å². The second kappa shape index (κ2) is 3.49. The van der Waals surface area contributed by atoms with E-state index in [4.69, 9.17) is 5.26 Å². The molecule has 1 unspecified atom stereocenters. The monoisotopic (exact) mass is 210 g/mol. The maximum Gasteiger partial charge on any atom is 0.106 e. The summed E-state index contributed by atoms with van der Waals surface area (Å²) in [5.74, 6) is -0.0735. The van der Waals surface area contributed by atoms with E-state index in [9.17, 15) is 0 Å². The van der Waals surface area contributed by atoms with Gasteiger partial charge < -0.3 is 0 Å². The third kappa shape index (κ3) is 2.02. The Kier molecular flexibility index (Phi) is 2.61. The van der Waals surface area contributed by atoms with E-state index < -0.39 is 0 Å². The molecule has 0 bridgehead atoms. The number of hydrogen-bond acceptors (Lipinski definition) is 2. The quantitative estimate of drug-likeness (QED) is 0.669. The van der Waals surface area contributed by atoms with E-state index in [1.807, 2.05) is 19.1 Å². The standard InChI is InChI=1S/C8H7BrN2/c1-6(4-10)7-2-3-8(9)11-5-7/h2-3,5-6H,1H3. The first-order valence-electron chi connectivity index (χ1n) is 3.25. The van der Waals surface area contributed by atoms with E-state index in [1.165, 1.54) is 0 Å². The van der Waals surface area contributed by atoms with Gasteiger partial charge in [0.15, 0.2) is 0 Å². The molecule has 0 spiro atoms. The van der Waals surface area contributed by atoms with E-state index in [-0.39, 0.29) is 5.92 Å². The van der Waals surface area contributed by atoms with Gasteiger partial charge in [-0.05, 0) is 34.5 Å². The van der Waals surface area contributed by atoms with E-state index >= 15 is 0 Å². The van der Waals surface area contributed by atoms with Crippen molar-refractivity contribution in [1.82, 2.24) is 4.98 Å². The fraction of sp³-hybridized carbons (Fsp3) is 0.250. The van der Waals surface area contributed by atoms with Crippen LogP contribution in [0.2, 0.25) is 0 Å². The second-order valence-corrected chi connectivity index (χ2v) is 3.08. The Hall–Kier alpha value is -0.880. The van der Waals surface area contributed by atoms with Crippen LogP contribution in [-0.4, -0.2) is 4.98 Å². The van der Waals surface area contributed by atoms with Crippen molar-refractivity contribution in [2.75, 3.05) is 0 Å². The highest BCUT2D eigenvalue weighted by molar-refractivity contribution is 9.10. The molecule has 0 aliphatic heterocycles. The first-order valence-corrected chi connectivity index (χ1v) is 4.04. The van der Waals surface area contributed by atoms with Gasteiger partial charge in [-0.3, -0.25) is 0 Å². The molecule has 0 fully saturated rings. The lowest BCUT2D eigenvalue weighted by molar-refractivity contribution is 0.964. The summed E-state index contributed by atoms with van der Waals surface area (Å²) in [5, 5.41) is 8.57. The number of pyridine rings is 1. The average molecular weight is 211 g/mol. The molecule has 0 N–H and O–H groups in total. The lowest BCUT2D eigenvalue weighted by atomic mass is 10.1. The van der Waals surface area contributed by atoms with Crippen molar-refractivity contribution in [3.8, 4) is 6.07 Å². The Balaban J connectivity index is 2.92. The highest BCUT2D eigenvalue weighted by atomic mass is 79.9. The largest absolute Gasteiger partial charge is 0.249 e. The first kappa shape index (κ1) is 8.22. The topological polar surface area (TPSA) is 36.7 Å². The molecule has 1 aromatic rings. The molecule has 1 atom stereocenters. The Bertz CT molecular complexity index is 273. The van der Waals surface area contributed by atoms with Gasteiger partial charge in [-0.25, -0.2) is 4.98 Å². The third-order valence-electron chi connectivity index (χ3n) is 1.44. The Labute approximate surface area is 74.0 Å².